The first-order chi connectivity index (χ1) is 17.2. The molecule has 36 heavy (non-hydrogen) atoms. The highest BCUT2D eigenvalue weighted by Crippen LogP contribution is 2.55. The zero-order valence-electron chi connectivity index (χ0n) is 18.8. The number of para-hydroxylation sites is 1. The van der Waals surface area contributed by atoms with E-state index < -0.39 is 34.8 Å². The van der Waals surface area contributed by atoms with Gasteiger partial charge >= 0.3 is 12.1 Å². The molecule has 1 spiro atoms. The van der Waals surface area contributed by atoms with Crippen LogP contribution in [0.5, 0.6) is 17.2 Å². The lowest BCUT2D eigenvalue weighted by atomic mass is 9.77. The number of carbonyl (C=O) groups is 2. The van der Waals surface area contributed by atoms with Crippen LogP contribution in [0.25, 0.3) is 0 Å². The molecule has 8 nitrogen and oxygen atoms in total. The summed E-state index contributed by atoms with van der Waals surface area (Å²) in [5.41, 5.74) is -0.248. The lowest BCUT2D eigenvalue weighted by Crippen LogP contribution is -2.42. The van der Waals surface area contributed by atoms with Crippen molar-refractivity contribution < 1.29 is 46.1 Å². The van der Waals surface area contributed by atoms with Crippen LogP contribution in [0.15, 0.2) is 46.9 Å². The van der Waals surface area contributed by atoms with E-state index in [0.29, 0.717) is 34.1 Å². The number of anilines is 1. The molecule has 0 saturated heterocycles. The second kappa shape index (κ2) is 7.67. The minimum Gasteiger partial charge on any atom is -0.491 e. The summed E-state index contributed by atoms with van der Waals surface area (Å²) in [4.78, 5) is 27.5. The zero-order chi connectivity index (χ0) is 25.2. The highest BCUT2D eigenvalue weighted by molar-refractivity contribution is 6.11. The molecule has 0 bridgehead atoms. The molecule has 0 radical (unpaired) electrons. The predicted molar refractivity (Wildman–Crippen MR) is 116 cm³/mol. The number of rotatable bonds is 4. The summed E-state index contributed by atoms with van der Waals surface area (Å²) in [6.07, 6.45) is -4.92. The van der Waals surface area contributed by atoms with Crippen LogP contribution in [0, 0.1) is 0 Å². The molecule has 2 aromatic carbocycles. The minimum atomic E-state index is -4.92. The van der Waals surface area contributed by atoms with Crippen molar-refractivity contribution in [3.63, 3.8) is 0 Å². The van der Waals surface area contributed by atoms with Crippen LogP contribution in [0.2, 0.25) is 0 Å². The van der Waals surface area contributed by atoms with Crippen molar-refractivity contribution in [2.75, 3.05) is 24.9 Å². The molecule has 0 saturated carbocycles. The Kier molecular flexibility index (Phi) is 4.76. The monoisotopic (exact) mass is 501 g/mol. The number of hydrogen-bond acceptors (Lipinski definition) is 7. The Morgan fingerprint density at radius 2 is 1.81 bits per heavy atom. The lowest BCUT2D eigenvalue weighted by Gasteiger charge is -2.22. The number of halogens is 3. The zero-order valence-corrected chi connectivity index (χ0v) is 18.8. The molecule has 3 aliphatic rings. The van der Waals surface area contributed by atoms with Crippen molar-refractivity contribution in [2.24, 2.45) is 0 Å². The van der Waals surface area contributed by atoms with Crippen molar-refractivity contribution in [1.82, 2.24) is 0 Å². The molecule has 4 heterocycles. The van der Waals surface area contributed by atoms with Crippen LogP contribution >= 0.6 is 0 Å². The van der Waals surface area contributed by atoms with E-state index in [-0.39, 0.29) is 32.3 Å². The molecule has 0 N–H and O–H groups in total. The molecule has 6 rings (SSSR count). The van der Waals surface area contributed by atoms with Gasteiger partial charge in [0.25, 0.3) is 0 Å². The Bertz CT molecular complexity index is 1410. The van der Waals surface area contributed by atoms with Crippen LogP contribution in [0.3, 0.4) is 0 Å². The number of amides is 1. The third kappa shape index (κ3) is 3.08. The summed E-state index contributed by atoms with van der Waals surface area (Å²) in [5.74, 6) is -1.79. The van der Waals surface area contributed by atoms with E-state index in [4.69, 9.17) is 23.4 Å². The summed E-state index contributed by atoms with van der Waals surface area (Å²) < 4.78 is 67.4. The largest absolute Gasteiger partial charge is 0.491 e. The third-order valence-corrected chi connectivity index (χ3v) is 6.49. The number of fused-ring (bicyclic) bond motifs is 5. The van der Waals surface area contributed by atoms with Crippen LogP contribution in [-0.4, -0.2) is 31.9 Å². The summed E-state index contributed by atoms with van der Waals surface area (Å²) in [6, 6.07) is 11.3. The molecule has 3 aliphatic heterocycles. The van der Waals surface area contributed by atoms with Gasteiger partial charge in [0.2, 0.25) is 18.5 Å². The highest BCUT2D eigenvalue weighted by atomic mass is 19.4. The number of esters is 1. The van der Waals surface area contributed by atoms with Crippen molar-refractivity contribution in [3.05, 3.63) is 70.7 Å². The molecule has 186 valence electrons. The fourth-order valence-corrected chi connectivity index (χ4v) is 4.97. The number of carbonyl (C=O) groups excluding carboxylic acids is 2. The van der Waals surface area contributed by atoms with Gasteiger partial charge in [0.05, 0.1) is 13.2 Å². The second-order valence-electron chi connectivity index (χ2n) is 8.48. The van der Waals surface area contributed by atoms with E-state index in [1.807, 2.05) is 0 Å². The summed E-state index contributed by atoms with van der Waals surface area (Å²) in [5, 5.41) is 0. The fourth-order valence-electron chi connectivity index (χ4n) is 4.97. The van der Waals surface area contributed by atoms with E-state index >= 15 is 0 Å². The predicted octanol–water partition coefficient (Wildman–Crippen LogP) is 4.43. The van der Waals surface area contributed by atoms with Crippen molar-refractivity contribution in [1.29, 1.82) is 0 Å². The van der Waals surface area contributed by atoms with Crippen LogP contribution in [-0.2, 0) is 27.7 Å². The number of furan rings is 1. The maximum Gasteiger partial charge on any atom is 0.450 e. The van der Waals surface area contributed by atoms with Crippen molar-refractivity contribution in [3.8, 4) is 17.2 Å². The molecule has 0 fully saturated rings. The summed E-state index contributed by atoms with van der Waals surface area (Å²) >= 11 is 0. The maximum absolute atomic E-state index is 14.0. The molecular weight excluding hydrogens is 483 g/mol. The number of nitrogens with zero attached hydrogens (tertiary/aromatic N) is 1. The van der Waals surface area contributed by atoms with Gasteiger partial charge in [0.15, 0.2) is 11.5 Å². The van der Waals surface area contributed by atoms with E-state index in [1.54, 1.807) is 36.4 Å². The van der Waals surface area contributed by atoms with Crippen LogP contribution < -0.4 is 19.1 Å². The van der Waals surface area contributed by atoms with Gasteiger partial charge in [0, 0.05) is 17.3 Å². The number of benzene rings is 2. The topological polar surface area (TPSA) is 87.4 Å². The molecule has 1 aromatic heterocycles. The summed E-state index contributed by atoms with van der Waals surface area (Å²) in [7, 11) is 0. The lowest BCUT2D eigenvalue weighted by molar-refractivity contribution is -0.154. The summed E-state index contributed by atoms with van der Waals surface area (Å²) in [6.45, 7) is 1.09. The van der Waals surface area contributed by atoms with E-state index in [2.05, 4.69) is 0 Å². The van der Waals surface area contributed by atoms with Gasteiger partial charge in [-0.15, -0.1) is 0 Å². The normalized spacial score (nSPS) is 19.4. The third-order valence-electron chi connectivity index (χ3n) is 6.49. The van der Waals surface area contributed by atoms with Crippen LogP contribution in [0.4, 0.5) is 18.9 Å². The van der Waals surface area contributed by atoms with E-state index in [0.717, 1.165) is 6.07 Å². The molecule has 1 amide bonds. The average molecular weight is 501 g/mol. The number of ether oxygens (including phenoxy) is 4. The Balaban J connectivity index is 1.42. The van der Waals surface area contributed by atoms with Crippen LogP contribution in [0.1, 0.15) is 39.9 Å². The number of hydrogen-bond donors (Lipinski definition) is 0. The quantitative estimate of drug-likeness (QED) is 0.489. The Labute approximate surface area is 202 Å². The SMILES string of the molecule is CCOC(=O)c1cc(CN2C(=O)C3(COc4cc5c(cc43)OCO5)c3ccccc32)oc1C(F)(F)F. The molecule has 3 aromatic rings. The molecule has 1 atom stereocenters. The second-order valence-corrected chi connectivity index (χ2v) is 8.48. The molecule has 0 aliphatic carbocycles. The standard InChI is InChI=1S/C25H18F3NO7/c1-2-32-22(30)14-7-13(36-21(14)25(26,27)28)10-29-17-6-4-3-5-15(17)24(23(29)31)11-33-18-9-20-19(8-16(18)24)34-12-35-20/h3-9H,2,10-12H2,1H3. The maximum atomic E-state index is 14.0. The first-order valence-corrected chi connectivity index (χ1v) is 11.1. The molecule has 1 unspecified atom stereocenters. The average Bonchev–Trinajstić information content (AvgIpc) is 3.60. The van der Waals surface area contributed by atoms with Gasteiger partial charge in [0.1, 0.15) is 29.1 Å². The smallest absolute Gasteiger partial charge is 0.450 e. The van der Waals surface area contributed by atoms with Gasteiger partial charge in [-0.2, -0.15) is 13.2 Å². The minimum absolute atomic E-state index is 0.00238. The first kappa shape index (κ1) is 22.3. The van der Waals surface area contributed by atoms with Gasteiger partial charge < -0.3 is 28.3 Å². The molecule has 11 heteroatoms. The van der Waals surface area contributed by atoms with Crippen molar-refractivity contribution in [2.45, 2.75) is 25.1 Å². The Hall–Kier alpha value is -4.15. The Morgan fingerprint density at radius 1 is 1.06 bits per heavy atom. The van der Waals surface area contributed by atoms with Gasteiger partial charge in [-0.25, -0.2) is 4.79 Å². The van der Waals surface area contributed by atoms with Crippen molar-refractivity contribution >= 4 is 17.6 Å². The molecular formula is C25H18F3NO7. The van der Waals surface area contributed by atoms with Gasteiger partial charge in [-0.3, -0.25) is 4.79 Å². The van der Waals surface area contributed by atoms with E-state index in [1.165, 1.54) is 11.8 Å². The highest BCUT2D eigenvalue weighted by Gasteiger charge is 2.57. The van der Waals surface area contributed by atoms with E-state index in [9.17, 15) is 22.8 Å². The van der Waals surface area contributed by atoms with Gasteiger partial charge in [-0.05, 0) is 30.7 Å². The first-order valence-electron chi connectivity index (χ1n) is 11.1. The number of alkyl halides is 3. The van der Waals surface area contributed by atoms with Gasteiger partial charge in [-0.1, -0.05) is 18.2 Å². The fraction of sp³-hybridized carbons (Fsp3) is 0.280. The Morgan fingerprint density at radius 3 is 2.56 bits per heavy atom.